The molecule has 0 aliphatic rings. The van der Waals surface area contributed by atoms with Gasteiger partial charge in [-0.25, -0.2) is 0 Å². The van der Waals surface area contributed by atoms with Crippen molar-refractivity contribution in [1.82, 2.24) is 4.90 Å². The molecule has 0 aromatic rings. The van der Waals surface area contributed by atoms with Crippen LogP contribution in [0.5, 0.6) is 0 Å². The highest BCUT2D eigenvalue weighted by Crippen LogP contribution is 2.22. The van der Waals surface area contributed by atoms with Gasteiger partial charge in [0.2, 0.25) is 0 Å². The van der Waals surface area contributed by atoms with Crippen molar-refractivity contribution >= 4 is 10.1 Å². The lowest BCUT2D eigenvalue weighted by Crippen LogP contribution is -2.62. The summed E-state index contributed by atoms with van der Waals surface area (Å²) in [6.07, 6.45) is -3.47. The van der Waals surface area contributed by atoms with Crippen LogP contribution in [0.25, 0.3) is 0 Å². The number of β-amino-alcohol motifs (C(OH)–C–C–N with tert-alkyl or cyclic N) is 1. The van der Waals surface area contributed by atoms with Crippen LogP contribution in [0, 0.1) is 0 Å². The molecule has 0 aliphatic heterocycles. The molecule has 0 aromatic carbocycles. The first-order chi connectivity index (χ1) is 9.17. The maximum absolute atomic E-state index is 10.7. The van der Waals surface area contributed by atoms with E-state index in [1.54, 1.807) is 6.92 Å². The van der Waals surface area contributed by atoms with Gasteiger partial charge >= 0.3 is 0 Å². The summed E-state index contributed by atoms with van der Waals surface area (Å²) in [5.41, 5.74) is -1.33. The Hall–Kier alpha value is -0.330. The summed E-state index contributed by atoms with van der Waals surface area (Å²) in [5.74, 6) is -1.10. The van der Waals surface area contributed by atoms with E-state index < -0.39 is 53.6 Å². The molecule has 0 rings (SSSR count). The van der Waals surface area contributed by atoms with Crippen LogP contribution in [0.3, 0.4) is 0 Å². The normalized spacial score (nSPS) is 16.4. The summed E-state index contributed by atoms with van der Waals surface area (Å²) in [4.78, 5) is 1.02. The van der Waals surface area contributed by atoms with E-state index in [-0.39, 0.29) is 13.0 Å². The molecule has 0 fully saturated rings. The topological polar surface area (TPSA) is 159 Å². The molecule has 0 saturated heterocycles. The Morgan fingerprint density at radius 3 is 1.95 bits per heavy atom. The Morgan fingerprint density at radius 1 is 1.15 bits per heavy atom. The number of hydrogen-bond acceptors (Lipinski definition) is 8. The maximum atomic E-state index is 10.7. The van der Waals surface area contributed by atoms with Crippen molar-refractivity contribution in [3.8, 4) is 0 Å². The van der Waals surface area contributed by atoms with Crippen LogP contribution in [0.1, 0.15) is 13.3 Å². The number of rotatable bonds is 10. The number of nitrogens with zero attached hydrogens (tertiary/aromatic N) is 1. The molecule has 0 radical (unpaired) electrons. The van der Waals surface area contributed by atoms with Crippen molar-refractivity contribution in [3.63, 3.8) is 0 Å². The fraction of sp³-hybridized carbons (Fsp3) is 1.00. The predicted molar refractivity (Wildman–Crippen MR) is 69.4 cm³/mol. The monoisotopic (exact) mass is 317 g/mol. The fourth-order valence-electron chi connectivity index (χ4n) is 1.93. The Labute approximate surface area is 117 Å². The average molecular weight is 317 g/mol. The molecule has 2 unspecified atom stereocenters. The van der Waals surface area contributed by atoms with E-state index in [1.165, 1.54) is 0 Å². The summed E-state index contributed by atoms with van der Waals surface area (Å²) < 4.78 is 30.1. The first kappa shape index (κ1) is 19.7. The Bertz CT molecular complexity index is 361. The van der Waals surface area contributed by atoms with Gasteiger partial charge in [-0.1, -0.05) is 6.92 Å². The van der Waals surface area contributed by atoms with Crippen LogP contribution in [-0.4, -0.2) is 93.4 Å². The van der Waals surface area contributed by atoms with Crippen molar-refractivity contribution in [2.75, 3.05) is 32.1 Å². The zero-order valence-electron chi connectivity index (χ0n) is 11.3. The van der Waals surface area contributed by atoms with Crippen LogP contribution in [0.4, 0.5) is 0 Å². The van der Waals surface area contributed by atoms with Crippen LogP contribution in [0.15, 0.2) is 0 Å². The lowest BCUT2D eigenvalue weighted by molar-refractivity contribution is -0.150. The SMILES string of the molecule is CCC(CO)(CO)N(CCO)C(O)C(O)CS(=O)(=O)O. The van der Waals surface area contributed by atoms with E-state index in [2.05, 4.69) is 0 Å². The van der Waals surface area contributed by atoms with Crippen molar-refractivity contribution in [2.24, 2.45) is 0 Å². The molecule has 20 heavy (non-hydrogen) atoms. The van der Waals surface area contributed by atoms with Gasteiger partial charge in [-0.05, 0) is 6.42 Å². The summed E-state index contributed by atoms with van der Waals surface area (Å²) in [5, 5.41) is 47.4. The van der Waals surface area contributed by atoms with E-state index in [9.17, 15) is 28.8 Å². The molecule has 0 saturated carbocycles. The van der Waals surface area contributed by atoms with Gasteiger partial charge in [0.1, 0.15) is 18.1 Å². The fourth-order valence-corrected chi connectivity index (χ4v) is 2.53. The summed E-state index contributed by atoms with van der Waals surface area (Å²) in [7, 11) is -4.51. The highest BCUT2D eigenvalue weighted by molar-refractivity contribution is 7.85. The van der Waals surface area contributed by atoms with Gasteiger partial charge in [0.15, 0.2) is 0 Å². The van der Waals surface area contributed by atoms with E-state index in [0.717, 1.165) is 4.90 Å². The van der Waals surface area contributed by atoms with E-state index in [4.69, 9.17) is 9.66 Å². The molecule has 122 valence electrons. The van der Waals surface area contributed by atoms with Crippen LogP contribution < -0.4 is 0 Å². The summed E-state index contributed by atoms with van der Waals surface area (Å²) in [6.45, 7) is -0.194. The van der Waals surface area contributed by atoms with E-state index in [0.29, 0.717) is 0 Å². The summed E-state index contributed by atoms with van der Waals surface area (Å²) in [6, 6.07) is 0. The van der Waals surface area contributed by atoms with Crippen molar-refractivity contribution in [1.29, 1.82) is 0 Å². The molecule has 9 nitrogen and oxygen atoms in total. The van der Waals surface area contributed by atoms with Gasteiger partial charge < -0.3 is 25.5 Å². The molecule has 0 aromatic heterocycles. The lowest BCUT2D eigenvalue weighted by atomic mass is 9.94. The van der Waals surface area contributed by atoms with Gasteiger partial charge in [0.25, 0.3) is 10.1 Å². The van der Waals surface area contributed by atoms with Gasteiger partial charge in [-0.3, -0.25) is 9.45 Å². The molecule has 0 amide bonds. The minimum Gasteiger partial charge on any atom is -0.395 e. The predicted octanol–water partition coefficient (Wildman–Crippen LogP) is -3.02. The second-order valence-corrected chi connectivity index (χ2v) is 6.04. The zero-order chi connectivity index (χ0) is 16.0. The smallest absolute Gasteiger partial charge is 0.267 e. The molecule has 10 heteroatoms. The van der Waals surface area contributed by atoms with Gasteiger partial charge in [0.05, 0.1) is 25.4 Å². The zero-order valence-corrected chi connectivity index (χ0v) is 12.1. The third kappa shape index (κ3) is 5.22. The molecule has 6 N–H and O–H groups in total. The molecule has 2 atom stereocenters. The standard InChI is InChI=1S/C10H23NO8S/c1-2-10(6-13,7-14)11(3-4-12)9(16)8(15)5-20(17,18)19/h8-9,12-16H,2-7H2,1H3,(H,17,18,19). The Balaban J connectivity index is 5.25. The second-order valence-electron chi connectivity index (χ2n) is 4.54. The highest BCUT2D eigenvalue weighted by Gasteiger charge is 2.40. The van der Waals surface area contributed by atoms with Crippen molar-refractivity contribution < 1.29 is 38.5 Å². The second kappa shape index (κ2) is 8.20. The third-order valence-corrected chi connectivity index (χ3v) is 4.00. The van der Waals surface area contributed by atoms with Crippen molar-refractivity contribution in [2.45, 2.75) is 31.2 Å². The van der Waals surface area contributed by atoms with Crippen LogP contribution in [0.2, 0.25) is 0 Å². The first-order valence-corrected chi connectivity index (χ1v) is 7.69. The third-order valence-electron chi connectivity index (χ3n) is 3.24. The number of aliphatic hydroxyl groups excluding tert-OH is 5. The largest absolute Gasteiger partial charge is 0.395 e. The minimum absolute atomic E-state index is 0.176. The maximum Gasteiger partial charge on any atom is 0.267 e. The van der Waals surface area contributed by atoms with Crippen molar-refractivity contribution in [3.05, 3.63) is 0 Å². The Morgan fingerprint density at radius 2 is 1.65 bits per heavy atom. The molecule has 0 aliphatic carbocycles. The molecule has 0 bridgehead atoms. The van der Waals surface area contributed by atoms with Crippen LogP contribution in [-0.2, 0) is 10.1 Å². The van der Waals surface area contributed by atoms with E-state index in [1.807, 2.05) is 0 Å². The van der Waals surface area contributed by atoms with Crippen LogP contribution >= 0.6 is 0 Å². The van der Waals surface area contributed by atoms with Gasteiger partial charge in [-0.2, -0.15) is 8.42 Å². The molecular formula is C10H23NO8S. The van der Waals surface area contributed by atoms with Gasteiger partial charge in [0, 0.05) is 6.54 Å². The lowest BCUT2D eigenvalue weighted by Gasteiger charge is -2.44. The average Bonchev–Trinajstić information content (AvgIpc) is 2.37. The summed E-state index contributed by atoms with van der Waals surface area (Å²) >= 11 is 0. The quantitative estimate of drug-likeness (QED) is 0.182. The number of hydrogen-bond donors (Lipinski definition) is 6. The molecule has 0 heterocycles. The first-order valence-electron chi connectivity index (χ1n) is 6.08. The van der Waals surface area contributed by atoms with Gasteiger partial charge in [-0.15, -0.1) is 0 Å². The molecule has 0 spiro atoms. The number of aliphatic hydroxyl groups is 5. The van der Waals surface area contributed by atoms with E-state index >= 15 is 0 Å². The Kier molecular flexibility index (Phi) is 8.06. The highest BCUT2D eigenvalue weighted by atomic mass is 32.2. The minimum atomic E-state index is -4.51. The molecular weight excluding hydrogens is 294 g/mol.